The van der Waals surface area contributed by atoms with Crippen LogP contribution in [0.3, 0.4) is 0 Å². The van der Waals surface area contributed by atoms with Gasteiger partial charge in [-0.3, -0.25) is 29.0 Å². The molecule has 8 heterocycles. The zero-order chi connectivity index (χ0) is 50.3. The number of anilines is 2. The van der Waals surface area contributed by atoms with Gasteiger partial charge in [0.15, 0.2) is 0 Å². The Morgan fingerprint density at radius 1 is 0.639 bits per heavy atom. The Kier molecular flexibility index (Phi) is 11.0. The van der Waals surface area contributed by atoms with Gasteiger partial charge in [-0.25, -0.2) is 9.80 Å². The van der Waals surface area contributed by atoms with Crippen LogP contribution in [0.15, 0.2) is 97.1 Å². The summed E-state index contributed by atoms with van der Waals surface area (Å²) in [5.74, 6) is -1.02. The molecule has 8 unspecified atom stereocenters. The summed E-state index contributed by atoms with van der Waals surface area (Å²) in [4.78, 5) is 63.9. The van der Waals surface area contributed by atoms with E-state index >= 15 is 0 Å². The second-order valence-electron chi connectivity index (χ2n) is 24.1. The van der Waals surface area contributed by atoms with Crippen molar-refractivity contribution in [3.8, 4) is 11.5 Å². The van der Waals surface area contributed by atoms with E-state index in [0.717, 1.165) is 59.6 Å². The van der Waals surface area contributed by atoms with Gasteiger partial charge in [-0.2, -0.15) is 0 Å². The highest BCUT2D eigenvalue weighted by molar-refractivity contribution is 6.24. The molecule has 12 rings (SSSR count). The molecule has 0 spiro atoms. The first-order valence-electron chi connectivity index (χ1n) is 26.3. The van der Waals surface area contributed by atoms with Gasteiger partial charge in [-0.1, -0.05) is 109 Å². The van der Waals surface area contributed by atoms with Crippen molar-refractivity contribution in [2.75, 3.05) is 29.8 Å². The van der Waals surface area contributed by atoms with E-state index in [1.165, 1.54) is 20.9 Å². The van der Waals surface area contributed by atoms with Crippen molar-refractivity contribution in [3.63, 3.8) is 0 Å². The Labute approximate surface area is 423 Å². The predicted octanol–water partition coefficient (Wildman–Crippen LogP) is 9.47. The molecule has 0 aromatic heterocycles. The molecular weight excluding hydrogens is 905 g/mol. The molecule has 8 aliphatic rings. The smallest absolute Gasteiger partial charge is 0.241 e. The molecule has 4 aromatic rings. The molecule has 0 aliphatic carbocycles. The number of imide groups is 2. The standard InChI is InChI=1S/C60H68N4O8/c1-9-56(3,4)32-59-25-23-44(71-59)48-50(59)54(67)63(52(48)65)42-19-11-36(12-20-42)27-37-13-21-43(22-14-37)64-53(66)49-45-24-26-60(72-45,51(49)55(64)68)33-61-30-38-15-17-40(28-46(38)69-34-61)58(7,8)41-18-16-39-31-62(57(5,6)10-2)35-70-47(39)29-41/h11-23,25,28-29,44-45,48-51H,9-10,24,26-27,30-35H2,1-8H3. The summed E-state index contributed by atoms with van der Waals surface area (Å²) in [7, 11) is 0. The third kappa shape index (κ3) is 7.35. The summed E-state index contributed by atoms with van der Waals surface area (Å²) in [5, 5.41) is 0. The van der Waals surface area contributed by atoms with Crippen LogP contribution in [0, 0.1) is 29.1 Å². The van der Waals surface area contributed by atoms with Crippen LogP contribution in [0.5, 0.6) is 11.5 Å². The number of nitrogens with zero attached hydrogens (tertiary/aromatic N) is 4. The van der Waals surface area contributed by atoms with Crippen LogP contribution in [0.2, 0.25) is 0 Å². The van der Waals surface area contributed by atoms with Gasteiger partial charge in [0.2, 0.25) is 23.6 Å². The summed E-state index contributed by atoms with van der Waals surface area (Å²) >= 11 is 0. The zero-order valence-corrected chi connectivity index (χ0v) is 43.0. The van der Waals surface area contributed by atoms with E-state index in [2.05, 4.69) is 102 Å². The molecule has 72 heavy (non-hydrogen) atoms. The molecule has 4 amide bonds. The molecule has 0 N–H and O–H groups in total. The van der Waals surface area contributed by atoms with E-state index in [4.69, 9.17) is 18.9 Å². The van der Waals surface area contributed by atoms with Gasteiger partial charge in [-0.05, 0) is 110 Å². The molecule has 5 fully saturated rings. The lowest BCUT2D eigenvalue weighted by Crippen LogP contribution is -2.51. The fourth-order valence-electron chi connectivity index (χ4n) is 13.5. The van der Waals surface area contributed by atoms with Gasteiger partial charge >= 0.3 is 0 Å². The van der Waals surface area contributed by atoms with Crippen LogP contribution in [-0.2, 0) is 53.6 Å². The van der Waals surface area contributed by atoms with Crippen LogP contribution >= 0.6 is 0 Å². The lowest BCUT2D eigenvalue weighted by Gasteiger charge is -2.41. The monoisotopic (exact) mass is 973 g/mol. The number of rotatable bonds is 13. The highest BCUT2D eigenvalue weighted by atomic mass is 16.5. The van der Waals surface area contributed by atoms with Crippen molar-refractivity contribution in [1.82, 2.24) is 9.80 Å². The van der Waals surface area contributed by atoms with Crippen LogP contribution in [0.25, 0.3) is 0 Å². The number of carbonyl (C=O) groups is 4. The Bertz CT molecular complexity index is 2930. The van der Waals surface area contributed by atoms with Crippen LogP contribution in [0.1, 0.15) is 121 Å². The molecule has 8 atom stereocenters. The number of benzene rings is 4. The molecule has 4 bridgehead atoms. The third-order valence-corrected chi connectivity index (χ3v) is 18.5. The van der Waals surface area contributed by atoms with Crippen molar-refractivity contribution < 1.29 is 38.1 Å². The summed E-state index contributed by atoms with van der Waals surface area (Å²) < 4.78 is 25.9. The van der Waals surface area contributed by atoms with Gasteiger partial charge in [0.05, 0.1) is 52.9 Å². The minimum absolute atomic E-state index is 0.0407. The maximum atomic E-state index is 14.5. The number of ether oxygens (including phenoxy) is 4. The summed E-state index contributed by atoms with van der Waals surface area (Å²) in [5.41, 5.74) is 6.00. The quantitative estimate of drug-likeness (QED) is 0.0948. The molecule has 8 aliphatic heterocycles. The SMILES string of the molecule is CCC(C)(C)CC12C=CC(O1)C1C(=O)N(c3ccc(Cc4ccc(N5C(=O)C6C7CCC(CN8COc9cc(C(C)(C)c%10ccc%11c(c%10)OCN(C(C)(C)CC)C%11)ccc9C8)(O7)C6C5=O)cc4)cc3)C(=O)C12. The normalized spacial score (nSPS) is 29.7. The number of carbonyl (C=O) groups excluding carboxylic acids is 4. The minimum atomic E-state index is -0.773. The van der Waals surface area contributed by atoms with Crippen molar-refractivity contribution in [2.24, 2.45) is 29.1 Å². The van der Waals surface area contributed by atoms with E-state index < -0.39 is 34.9 Å². The average molecular weight is 973 g/mol. The summed E-state index contributed by atoms with van der Waals surface area (Å²) in [6, 6.07) is 28.5. The fourth-order valence-corrected chi connectivity index (χ4v) is 13.5. The Morgan fingerprint density at radius 2 is 1.22 bits per heavy atom. The van der Waals surface area contributed by atoms with E-state index in [0.29, 0.717) is 57.2 Å². The molecule has 376 valence electrons. The minimum Gasteiger partial charge on any atom is -0.478 e. The second-order valence-corrected chi connectivity index (χ2v) is 24.1. The van der Waals surface area contributed by atoms with Gasteiger partial charge < -0.3 is 18.9 Å². The van der Waals surface area contributed by atoms with Crippen molar-refractivity contribution in [2.45, 2.75) is 141 Å². The number of hydrogen-bond donors (Lipinski definition) is 0. The van der Waals surface area contributed by atoms with Gasteiger partial charge in [0.25, 0.3) is 0 Å². The molecule has 0 radical (unpaired) electrons. The van der Waals surface area contributed by atoms with Crippen LogP contribution < -0.4 is 19.3 Å². The molecule has 0 saturated carbocycles. The third-order valence-electron chi connectivity index (χ3n) is 18.5. The second kappa shape index (κ2) is 16.7. The van der Waals surface area contributed by atoms with Gasteiger partial charge in [0.1, 0.15) is 30.6 Å². The Hall–Kier alpha value is -5.66. The lowest BCUT2D eigenvalue weighted by atomic mass is 9.69. The van der Waals surface area contributed by atoms with E-state index in [1.54, 1.807) is 0 Å². The fraction of sp³-hybridized carbons (Fsp3) is 0.500. The van der Waals surface area contributed by atoms with E-state index in [1.807, 2.05) is 60.7 Å². The van der Waals surface area contributed by atoms with E-state index in [-0.39, 0.29) is 52.2 Å². The highest BCUT2D eigenvalue weighted by Crippen LogP contribution is 2.58. The van der Waals surface area contributed by atoms with Crippen LogP contribution in [0.4, 0.5) is 11.4 Å². The molecule has 5 saturated heterocycles. The Balaban J connectivity index is 0.688. The van der Waals surface area contributed by atoms with Crippen molar-refractivity contribution in [3.05, 3.63) is 130 Å². The van der Waals surface area contributed by atoms with Gasteiger partial charge in [0, 0.05) is 41.7 Å². The maximum Gasteiger partial charge on any atom is 0.241 e. The highest BCUT2D eigenvalue weighted by Gasteiger charge is 2.70. The first kappa shape index (κ1) is 47.4. The topological polar surface area (TPSA) is 118 Å². The largest absolute Gasteiger partial charge is 0.478 e. The average Bonchev–Trinajstić information content (AvgIpc) is 4.22. The molecule has 12 nitrogen and oxygen atoms in total. The lowest BCUT2D eigenvalue weighted by molar-refractivity contribution is -0.130. The maximum absolute atomic E-state index is 14.5. The van der Waals surface area contributed by atoms with Gasteiger partial charge in [-0.15, -0.1) is 0 Å². The number of amides is 4. The molecular formula is C60H68N4O8. The molecule has 4 aromatic carbocycles. The van der Waals surface area contributed by atoms with E-state index in [9.17, 15) is 19.2 Å². The molecule has 12 heteroatoms. The van der Waals surface area contributed by atoms with Crippen LogP contribution in [-0.4, -0.2) is 82.4 Å². The summed E-state index contributed by atoms with van der Waals surface area (Å²) in [6.07, 6.45) is 8.06. The van der Waals surface area contributed by atoms with Crippen molar-refractivity contribution >= 4 is 35.0 Å². The van der Waals surface area contributed by atoms with Crippen molar-refractivity contribution in [1.29, 1.82) is 0 Å². The zero-order valence-electron chi connectivity index (χ0n) is 43.0. The number of hydrogen-bond acceptors (Lipinski definition) is 10. The first-order chi connectivity index (χ1) is 34.3. The number of fused-ring (bicyclic) bond motifs is 12. The predicted molar refractivity (Wildman–Crippen MR) is 273 cm³/mol. The Morgan fingerprint density at radius 3 is 1.83 bits per heavy atom. The first-order valence-corrected chi connectivity index (χ1v) is 26.3. The summed E-state index contributed by atoms with van der Waals surface area (Å²) in [6.45, 7) is 20.7.